The number of hydrazone groups is 1. The number of amides is 2. The van der Waals surface area contributed by atoms with E-state index in [9.17, 15) is 14.4 Å². The zero-order chi connectivity index (χ0) is 21.3. The van der Waals surface area contributed by atoms with Crippen LogP contribution in [0.4, 0.5) is 5.69 Å². The molecule has 2 N–H and O–H groups in total. The molecule has 0 unspecified atom stereocenters. The van der Waals surface area contributed by atoms with Crippen molar-refractivity contribution in [1.29, 1.82) is 5.26 Å². The molecule has 0 spiro atoms. The summed E-state index contributed by atoms with van der Waals surface area (Å²) in [6.07, 6.45) is 1.31. The third kappa shape index (κ3) is 5.60. The van der Waals surface area contributed by atoms with Crippen molar-refractivity contribution in [3.63, 3.8) is 0 Å². The lowest BCUT2D eigenvalue weighted by Gasteiger charge is -2.04. The van der Waals surface area contributed by atoms with Crippen LogP contribution in [0.5, 0.6) is 5.75 Å². The number of ether oxygens (including phenoxy) is 1. The van der Waals surface area contributed by atoms with Crippen molar-refractivity contribution < 1.29 is 19.1 Å². The molecule has 148 valence electrons. The third-order valence-corrected chi connectivity index (χ3v) is 4.50. The number of nitrogens with one attached hydrogen (secondary N) is 2. The number of esters is 1. The lowest BCUT2D eigenvalue weighted by atomic mass is 10.2. The quantitative estimate of drug-likeness (QED) is 0.217. The predicted molar refractivity (Wildman–Crippen MR) is 111 cm³/mol. The number of nitrogens with zero attached hydrogens (tertiary/aromatic N) is 2. The summed E-state index contributed by atoms with van der Waals surface area (Å²) in [7, 11) is 0. The minimum Gasteiger partial charge on any atom is -0.422 e. The summed E-state index contributed by atoms with van der Waals surface area (Å²) < 4.78 is 5.29. The summed E-state index contributed by atoms with van der Waals surface area (Å²) in [5.41, 5.74) is 3.48. The van der Waals surface area contributed by atoms with Crippen molar-refractivity contribution in [3.05, 3.63) is 82.0 Å². The van der Waals surface area contributed by atoms with Crippen LogP contribution >= 0.6 is 11.3 Å². The molecule has 0 atom stereocenters. The highest BCUT2D eigenvalue weighted by molar-refractivity contribution is 7.12. The van der Waals surface area contributed by atoms with E-state index in [4.69, 9.17) is 10.00 Å². The van der Waals surface area contributed by atoms with Gasteiger partial charge in [-0.05, 0) is 53.4 Å². The second kappa shape index (κ2) is 9.77. The molecule has 0 aliphatic heterocycles. The Balaban J connectivity index is 1.54. The van der Waals surface area contributed by atoms with E-state index in [0.717, 1.165) is 0 Å². The number of hydrogen-bond acceptors (Lipinski definition) is 7. The fraction of sp³-hybridized carbons (Fsp3) is 0. The van der Waals surface area contributed by atoms with Gasteiger partial charge in [0.15, 0.2) is 0 Å². The zero-order valence-electron chi connectivity index (χ0n) is 15.4. The molecular formula is C21H14N4O4S. The van der Waals surface area contributed by atoms with E-state index < -0.39 is 17.8 Å². The van der Waals surface area contributed by atoms with Crippen molar-refractivity contribution in [2.45, 2.75) is 0 Å². The van der Waals surface area contributed by atoms with Gasteiger partial charge in [-0.2, -0.15) is 10.4 Å². The molecule has 2 amide bonds. The number of thiophene rings is 1. The van der Waals surface area contributed by atoms with Gasteiger partial charge in [0, 0.05) is 5.69 Å². The normalized spacial score (nSPS) is 10.2. The number of carbonyl (C=O) groups excluding carboxylic acids is 3. The first-order chi connectivity index (χ1) is 14.5. The minimum atomic E-state index is -0.962. The smallest absolute Gasteiger partial charge is 0.353 e. The van der Waals surface area contributed by atoms with Gasteiger partial charge >= 0.3 is 17.8 Å². The molecule has 3 rings (SSSR count). The van der Waals surface area contributed by atoms with Crippen molar-refractivity contribution in [3.8, 4) is 11.8 Å². The third-order valence-electron chi connectivity index (χ3n) is 3.65. The number of hydrogen-bond donors (Lipinski definition) is 2. The molecule has 1 heterocycles. The average Bonchev–Trinajstić information content (AvgIpc) is 3.29. The molecule has 0 radical (unpaired) electrons. The van der Waals surface area contributed by atoms with Gasteiger partial charge in [-0.3, -0.25) is 9.59 Å². The summed E-state index contributed by atoms with van der Waals surface area (Å²) in [6, 6.07) is 18.0. The van der Waals surface area contributed by atoms with Crippen molar-refractivity contribution >= 4 is 41.0 Å². The summed E-state index contributed by atoms with van der Waals surface area (Å²) >= 11 is 1.28. The number of benzene rings is 2. The monoisotopic (exact) mass is 418 g/mol. The van der Waals surface area contributed by atoms with Gasteiger partial charge in [-0.15, -0.1) is 11.3 Å². The number of nitriles is 1. The summed E-state index contributed by atoms with van der Waals surface area (Å²) in [6.45, 7) is 0. The van der Waals surface area contributed by atoms with Crippen LogP contribution in [0.2, 0.25) is 0 Å². The Bertz CT molecular complexity index is 1130. The number of carbonyl (C=O) groups is 3. The zero-order valence-corrected chi connectivity index (χ0v) is 16.2. The van der Waals surface area contributed by atoms with Gasteiger partial charge in [0.1, 0.15) is 10.6 Å². The molecule has 0 bridgehead atoms. The molecule has 2 aromatic carbocycles. The second-order valence-electron chi connectivity index (χ2n) is 5.78. The molecule has 1 aromatic heterocycles. The Morgan fingerprint density at radius 2 is 1.83 bits per heavy atom. The van der Waals surface area contributed by atoms with Gasteiger partial charge < -0.3 is 10.1 Å². The molecule has 0 saturated heterocycles. The number of anilines is 1. The van der Waals surface area contributed by atoms with E-state index in [1.165, 1.54) is 41.8 Å². The molecule has 0 aliphatic rings. The molecule has 8 nitrogen and oxygen atoms in total. The van der Waals surface area contributed by atoms with Gasteiger partial charge in [0.05, 0.1) is 17.8 Å². The number of rotatable bonds is 5. The van der Waals surface area contributed by atoms with Crippen LogP contribution < -0.4 is 15.5 Å². The van der Waals surface area contributed by atoms with Crippen LogP contribution in [0, 0.1) is 11.3 Å². The van der Waals surface area contributed by atoms with Crippen molar-refractivity contribution in [2.75, 3.05) is 5.32 Å². The topological polar surface area (TPSA) is 121 Å². The summed E-state index contributed by atoms with van der Waals surface area (Å²) in [4.78, 5) is 36.2. The van der Waals surface area contributed by atoms with E-state index in [0.29, 0.717) is 27.4 Å². The first-order valence-corrected chi connectivity index (χ1v) is 9.43. The van der Waals surface area contributed by atoms with Gasteiger partial charge in [-0.25, -0.2) is 10.2 Å². The molecule has 9 heteroatoms. The first kappa shape index (κ1) is 20.4. The van der Waals surface area contributed by atoms with Gasteiger partial charge in [0.2, 0.25) is 0 Å². The summed E-state index contributed by atoms with van der Waals surface area (Å²) in [5.74, 6) is -2.01. The first-order valence-electron chi connectivity index (χ1n) is 8.55. The van der Waals surface area contributed by atoms with E-state index in [1.54, 1.807) is 41.8 Å². The molecule has 3 aromatic rings. The highest BCUT2D eigenvalue weighted by Gasteiger charge is 2.13. The fourth-order valence-electron chi connectivity index (χ4n) is 2.24. The molecule has 0 saturated carbocycles. The fourth-order valence-corrected chi connectivity index (χ4v) is 2.84. The van der Waals surface area contributed by atoms with Gasteiger partial charge in [0.25, 0.3) is 0 Å². The van der Waals surface area contributed by atoms with Crippen LogP contribution in [-0.4, -0.2) is 24.0 Å². The second-order valence-corrected chi connectivity index (χ2v) is 6.73. The Morgan fingerprint density at radius 1 is 1.03 bits per heavy atom. The Kier molecular flexibility index (Phi) is 6.66. The van der Waals surface area contributed by atoms with Crippen molar-refractivity contribution in [2.24, 2.45) is 5.10 Å². The van der Waals surface area contributed by atoms with E-state index in [2.05, 4.69) is 15.8 Å². The highest BCUT2D eigenvalue weighted by Crippen LogP contribution is 2.16. The Morgan fingerprint density at radius 3 is 2.53 bits per heavy atom. The lowest BCUT2D eigenvalue weighted by molar-refractivity contribution is -0.136. The van der Waals surface area contributed by atoms with E-state index >= 15 is 0 Å². The maximum absolute atomic E-state index is 12.0. The van der Waals surface area contributed by atoms with Crippen LogP contribution in [-0.2, 0) is 9.59 Å². The van der Waals surface area contributed by atoms with Crippen LogP contribution in [0.1, 0.15) is 20.8 Å². The molecule has 0 aliphatic carbocycles. The lowest BCUT2D eigenvalue weighted by Crippen LogP contribution is -2.32. The average molecular weight is 418 g/mol. The van der Waals surface area contributed by atoms with Crippen LogP contribution in [0.3, 0.4) is 0 Å². The SMILES string of the molecule is N#Cc1ccc(NC(=O)C(=O)N/N=C/c2cccc(OC(=O)c3cccs3)c2)cc1. The molecule has 0 fully saturated rings. The molecule has 30 heavy (non-hydrogen) atoms. The maximum Gasteiger partial charge on any atom is 0.353 e. The Hall–Kier alpha value is -4.29. The van der Waals surface area contributed by atoms with E-state index in [1.807, 2.05) is 6.07 Å². The largest absolute Gasteiger partial charge is 0.422 e. The van der Waals surface area contributed by atoms with E-state index in [-0.39, 0.29) is 0 Å². The van der Waals surface area contributed by atoms with Gasteiger partial charge in [-0.1, -0.05) is 18.2 Å². The van der Waals surface area contributed by atoms with Crippen molar-refractivity contribution in [1.82, 2.24) is 5.43 Å². The maximum atomic E-state index is 12.0. The summed E-state index contributed by atoms with van der Waals surface area (Å²) in [5, 5.41) is 16.7. The van der Waals surface area contributed by atoms with Crippen LogP contribution in [0.15, 0.2) is 71.1 Å². The minimum absolute atomic E-state index is 0.322. The predicted octanol–water partition coefficient (Wildman–Crippen LogP) is 2.93. The van der Waals surface area contributed by atoms with Crippen LogP contribution in [0.25, 0.3) is 0 Å². The Labute approximate surface area is 175 Å². The molecular weight excluding hydrogens is 404 g/mol. The standard InChI is InChI=1S/C21H14N4O4S/c22-12-14-6-8-16(9-7-14)24-19(26)20(27)25-23-13-15-3-1-4-17(11-15)29-21(28)18-5-2-10-30-18/h1-11,13H,(H,24,26)(H,25,27)/b23-13+. The highest BCUT2D eigenvalue weighted by atomic mass is 32.1.